The second kappa shape index (κ2) is 7.39. The Kier molecular flexibility index (Phi) is 5.83. The maximum absolute atomic E-state index is 13.3. The van der Waals surface area contributed by atoms with Gasteiger partial charge in [-0.15, -0.1) is 0 Å². The van der Waals surface area contributed by atoms with Gasteiger partial charge in [-0.25, -0.2) is 4.39 Å². The number of nitrogens with one attached hydrogen (secondary N) is 1. The van der Waals surface area contributed by atoms with E-state index < -0.39 is 0 Å². The monoisotopic (exact) mass is 327 g/mol. The SMILES string of the molecule is CCNC(CCc1cc(F)ccc1Br)C1CCCC1. The Balaban J connectivity index is 1.95. The van der Waals surface area contributed by atoms with Gasteiger partial charge in [0.2, 0.25) is 0 Å². The van der Waals surface area contributed by atoms with E-state index in [-0.39, 0.29) is 5.82 Å². The Bertz CT molecular complexity index is 402. The van der Waals surface area contributed by atoms with E-state index >= 15 is 0 Å². The molecule has 1 aliphatic carbocycles. The third kappa shape index (κ3) is 4.28. The summed E-state index contributed by atoms with van der Waals surface area (Å²) in [5.41, 5.74) is 1.08. The van der Waals surface area contributed by atoms with Gasteiger partial charge >= 0.3 is 0 Å². The van der Waals surface area contributed by atoms with E-state index in [9.17, 15) is 4.39 Å². The predicted octanol–water partition coefficient (Wildman–Crippen LogP) is 4.69. The summed E-state index contributed by atoms with van der Waals surface area (Å²) in [6.45, 7) is 3.19. The first kappa shape index (κ1) is 15.0. The minimum absolute atomic E-state index is 0.140. The molecule has 1 fully saturated rings. The van der Waals surface area contributed by atoms with Crippen molar-refractivity contribution < 1.29 is 4.39 Å². The zero-order chi connectivity index (χ0) is 13.7. The first-order valence-electron chi connectivity index (χ1n) is 7.38. The molecular formula is C16H23BrFN. The van der Waals surface area contributed by atoms with E-state index in [4.69, 9.17) is 0 Å². The standard InChI is InChI=1S/C16H23BrFN/c1-2-19-16(12-5-3-4-6-12)10-7-13-11-14(18)8-9-15(13)17/h8-9,11-12,16,19H,2-7,10H2,1H3. The van der Waals surface area contributed by atoms with Crippen molar-refractivity contribution in [2.24, 2.45) is 5.92 Å². The highest BCUT2D eigenvalue weighted by Gasteiger charge is 2.24. The van der Waals surface area contributed by atoms with Gasteiger partial charge in [-0.05, 0) is 61.9 Å². The van der Waals surface area contributed by atoms with Crippen LogP contribution in [0.4, 0.5) is 4.39 Å². The molecule has 1 nitrogen and oxygen atoms in total. The summed E-state index contributed by atoms with van der Waals surface area (Å²) in [4.78, 5) is 0. The number of rotatable bonds is 6. The molecule has 1 atom stereocenters. The van der Waals surface area contributed by atoms with E-state index in [1.165, 1.54) is 31.7 Å². The second-order valence-corrected chi connectivity index (χ2v) is 6.34. The highest BCUT2D eigenvalue weighted by Crippen LogP contribution is 2.30. The molecule has 1 aliphatic rings. The summed E-state index contributed by atoms with van der Waals surface area (Å²) in [6, 6.07) is 5.55. The van der Waals surface area contributed by atoms with Crippen LogP contribution in [0.25, 0.3) is 0 Å². The Morgan fingerprint density at radius 1 is 1.37 bits per heavy atom. The van der Waals surface area contributed by atoms with Gasteiger partial charge in [0.15, 0.2) is 0 Å². The fraction of sp³-hybridized carbons (Fsp3) is 0.625. The lowest BCUT2D eigenvalue weighted by Gasteiger charge is -2.24. The van der Waals surface area contributed by atoms with Gasteiger partial charge in [0.25, 0.3) is 0 Å². The zero-order valence-electron chi connectivity index (χ0n) is 11.6. The number of hydrogen-bond acceptors (Lipinski definition) is 1. The molecule has 0 saturated heterocycles. The lowest BCUT2D eigenvalue weighted by molar-refractivity contribution is 0.346. The van der Waals surface area contributed by atoms with Crippen molar-refractivity contribution in [1.82, 2.24) is 5.32 Å². The lowest BCUT2D eigenvalue weighted by atomic mass is 9.92. The molecule has 0 bridgehead atoms. The third-order valence-corrected chi connectivity index (χ3v) is 4.94. The van der Waals surface area contributed by atoms with Crippen LogP contribution in [0.3, 0.4) is 0 Å². The molecule has 19 heavy (non-hydrogen) atoms. The van der Waals surface area contributed by atoms with Gasteiger partial charge in [-0.3, -0.25) is 0 Å². The average Bonchev–Trinajstić information content (AvgIpc) is 2.92. The van der Waals surface area contributed by atoms with Crippen LogP contribution in [0.2, 0.25) is 0 Å². The quantitative estimate of drug-likeness (QED) is 0.799. The smallest absolute Gasteiger partial charge is 0.123 e. The van der Waals surface area contributed by atoms with E-state index in [0.717, 1.165) is 35.3 Å². The van der Waals surface area contributed by atoms with Crippen LogP contribution in [0.1, 0.15) is 44.6 Å². The molecule has 0 spiro atoms. The average molecular weight is 328 g/mol. The van der Waals surface area contributed by atoms with Gasteiger partial charge in [-0.2, -0.15) is 0 Å². The molecule has 1 N–H and O–H groups in total. The largest absolute Gasteiger partial charge is 0.314 e. The molecule has 1 aromatic rings. The number of halogens is 2. The van der Waals surface area contributed by atoms with Gasteiger partial charge in [0.05, 0.1) is 0 Å². The first-order chi connectivity index (χ1) is 9.20. The predicted molar refractivity (Wildman–Crippen MR) is 81.8 cm³/mol. The summed E-state index contributed by atoms with van der Waals surface area (Å²) in [5.74, 6) is 0.673. The van der Waals surface area contributed by atoms with E-state index in [1.54, 1.807) is 6.07 Å². The third-order valence-electron chi connectivity index (χ3n) is 4.17. The number of benzene rings is 1. The molecule has 3 heteroatoms. The van der Waals surface area contributed by atoms with Crippen molar-refractivity contribution in [1.29, 1.82) is 0 Å². The highest BCUT2D eigenvalue weighted by molar-refractivity contribution is 9.10. The molecule has 1 saturated carbocycles. The second-order valence-electron chi connectivity index (χ2n) is 5.48. The number of hydrogen-bond donors (Lipinski definition) is 1. The van der Waals surface area contributed by atoms with Crippen molar-refractivity contribution in [2.75, 3.05) is 6.54 Å². The van der Waals surface area contributed by atoms with Crippen molar-refractivity contribution in [3.05, 3.63) is 34.1 Å². The van der Waals surface area contributed by atoms with Gasteiger partial charge in [0.1, 0.15) is 5.82 Å². The van der Waals surface area contributed by atoms with Gasteiger partial charge in [-0.1, -0.05) is 35.7 Å². The number of aryl methyl sites for hydroxylation is 1. The molecule has 0 radical (unpaired) electrons. The molecular weight excluding hydrogens is 305 g/mol. The van der Waals surface area contributed by atoms with E-state index in [0.29, 0.717) is 6.04 Å². The Morgan fingerprint density at radius 2 is 2.11 bits per heavy atom. The minimum atomic E-state index is -0.140. The molecule has 0 amide bonds. The van der Waals surface area contributed by atoms with Crippen LogP contribution in [-0.4, -0.2) is 12.6 Å². The molecule has 0 heterocycles. The van der Waals surface area contributed by atoms with Crippen LogP contribution in [0, 0.1) is 11.7 Å². The normalized spacial score (nSPS) is 17.8. The van der Waals surface area contributed by atoms with Crippen LogP contribution < -0.4 is 5.32 Å². The van der Waals surface area contributed by atoms with Crippen LogP contribution in [0.5, 0.6) is 0 Å². The van der Waals surface area contributed by atoms with E-state index in [1.807, 2.05) is 6.07 Å². The maximum Gasteiger partial charge on any atom is 0.123 e. The Morgan fingerprint density at radius 3 is 2.79 bits per heavy atom. The fourth-order valence-corrected chi connectivity index (χ4v) is 3.62. The van der Waals surface area contributed by atoms with Crippen LogP contribution >= 0.6 is 15.9 Å². The highest BCUT2D eigenvalue weighted by atomic mass is 79.9. The molecule has 1 unspecified atom stereocenters. The topological polar surface area (TPSA) is 12.0 Å². The summed E-state index contributed by atoms with van der Waals surface area (Å²) in [7, 11) is 0. The zero-order valence-corrected chi connectivity index (χ0v) is 13.2. The summed E-state index contributed by atoms with van der Waals surface area (Å²) in [5, 5.41) is 3.62. The summed E-state index contributed by atoms with van der Waals surface area (Å²) < 4.78 is 14.3. The van der Waals surface area contributed by atoms with Crippen molar-refractivity contribution >= 4 is 15.9 Å². The molecule has 0 aliphatic heterocycles. The van der Waals surface area contributed by atoms with Crippen LogP contribution in [-0.2, 0) is 6.42 Å². The maximum atomic E-state index is 13.3. The first-order valence-corrected chi connectivity index (χ1v) is 8.17. The van der Waals surface area contributed by atoms with Crippen LogP contribution in [0.15, 0.2) is 22.7 Å². The Hall–Kier alpha value is -0.410. The molecule has 0 aromatic heterocycles. The fourth-order valence-electron chi connectivity index (χ4n) is 3.17. The lowest BCUT2D eigenvalue weighted by Crippen LogP contribution is -2.35. The molecule has 1 aromatic carbocycles. The summed E-state index contributed by atoms with van der Waals surface area (Å²) in [6.07, 6.45) is 7.48. The van der Waals surface area contributed by atoms with Crippen molar-refractivity contribution in [3.63, 3.8) is 0 Å². The summed E-state index contributed by atoms with van der Waals surface area (Å²) >= 11 is 3.52. The van der Waals surface area contributed by atoms with Crippen molar-refractivity contribution in [3.8, 4) is 0 Å². The Labute approximate surface area is 124 Å². The minimum Gasteiger partial charge on any atom is -0.314 e. The van der Waals surface area contributed by atoms with Gasteiger partial charge < -0.3 is 5.32 Å². The molecule has 106 valence electrons. The van der Waals surface area contributed by atoms with E-state index in [2.05, 4.69) is 28.2 Å². The van der Waals surface area contributed by atoms with Gasteiger partial charge in [0, 0.05) is 10.5 Å². The van der Waals surface area contributed by atoms with Crippen molar-refractivity contribution in [2.45, 2.75) is 51.5 Å². The molecule has 2 rings (SSSR count).